The summed E-state index contributed by atoms with van der Waals surface area (Å²) in [7, 11) is 0. The molecule has 1 amide bonds. The van der Waals surface area contributed by atoms with Gasteiger partial charge in [-0.25, -0.2) is 5.43 Å². The van der Waals surface area contributed by atoms with Crippen molar-refractivity contribution in [3.8, 4) is 27.3 Å². The van der Waals surface area contributed by atoms with Crippen LogP contribution in [0.5, 0.6) is 5.75 Å². The average Bonchev–Trinajstić information content (AvgIpc) is 3.30. The highest BCUT2D eigenvalue weighted by atomic mass is 32.1. The van der Waals surface area contributed by atoms with Crippen LogP contribution in [0.15, 0.2) is 41.8 Å². The predicted molar refractivity (Wildman–Crippen MR) is 99.2 cm³/mol. The number of hydrazone groups is 1. The van der Waals surface area contributed by atoms with E-state index in [1.54, 1.807) is 17.5 Å². The van der Waals surface area contributed by atoms with Crippen molar-refractivity contribution in [1.29, 1.82) is 0 Å². The number of nitrogens with one attached hydrogen (secondary N) is 3. The highest BCUT2D eigenvalue weighted by Gasteiger charge is 2.22. The van der Waals surface area contributed by atoms with E-state index in [0.29, 0.717) is 12.4 Å². The van der Waals surface area contributed by atoms with Gasteiger partial charge in [-0.15, -0.1) is 11.3 Å². The number of nitrogens with zero attached hydrogens (tertiary/aromatic N) is 2. The highest BCUT2D eigenvalue weighted by molar-refractivity contribution is 7.17. The van der Waals surface area contributed by atoms with Crippen molar-refractivity contribution in [2.75, 3.05) is 13.2 Å². The maximum atomic E-state index is 11.3. The first-order chi connectivity index (χ1) is 12.8. The molecule has 8 heteroatoms. The molecule has 0 radical (unpaired) electrons. The molecule has 2 aromatic heterocycles. The first-order valence-electron chi connectivity index (χ1n) is 8.28. The number of carbonyl (C=O) groups is 1. The SMILES string of the molecule is O=C1CNC(c2cc3c(s2)-c2ccc(-c4cn[nH]c4)cc2OCC3)=NN1. The van der Waals surface area contributed by atoms with Crippen molar-refractivity contribution in [3.05, 3.63) is 47.1 Å². The Morgan fingerprint density at radius 3 is 2.96 bits per heavy atom. The van der Waals surface area contributed by atoms with Gasteiger partial charge in [0, 0.05) is 28.6 Å². The van der Waals surface area contributed by atoms with Gasteiger partial charge in [0.25, 0.3) is 5.91 Å². The Kier molecular flexibility index (Phi) is 3.49. The monoisotopic (exact) mass is 365 g/mol. The maximum absolute atomic E-state index is 11.3. The van der Waals surface area contributed by atoms with Gasteiger partial charge in [0.15, 0.2) is 5.84 Å². The van der Waals surface area contributed by atoms with E-state index in [1.165, 1.54) is 10.4 Å². The molecule has 3 N–H and O–H groups in total. The summed E-state index contributed by atoms with van der Waals surface area (Å²) in [5.74, 6) is 1.46. The Balaban J connectivity index is 1.56. The van der Waals surface area contributed by atoms with Crippen LogP contribution in [0.1, 0.15) is 10.4 Å². The topological polar surface area (TPSA) is 91.4 Å². The van der Waals surface area contributed by atoms with Crippen molar-refractivity contribution < 1.29 is 9.53 Å². The second kappa shape index (κ2) is 5.99. The van der Waals surface area contributed by atoms with Crippen molar-refractivity contribution in [2.45, 2.75) is 6.42 Å². The number of amidine groups is 1. The molecule has 0 bridgehead atoms. The fourth-order valence-electron chi connectivity index (χ4n) is 3.15. The van der Waals surface area contributed by atoms with Crippen LogP contribution >= 0.6 is 11.3 Å². The van der Waals surface area contributed by atoms with Crippen molar-refractivity contribution in [1.82, 2.24) is 20.9 Å². The maximum Gasteiger partial charge on any atom is 0.259 e. The van der Waals surface area contributed by atoms with Crippen LogP contribution in [-0.2, 0) is 11.2 Å². The van der Waals surface area contributed by atoms with E-state index in [2.05, 4.69) is 50.3 Å². The Morgan fingerprint density at radius 1 is 1.19 bits per heavy atom. The van der Waals surface area contributed by atoms with Crippen LogP contribution in [0.4, 0.5) is 0 Å². The standard InChI is InChI=1S/C18H15N5O2S/c24-16-9-19-18(23-22-16)15-6-11-3-4-25-14-5-10(12-7-20-21-8-12)1-2-13(14)17(11)26-15/h1-2,5-8H,3-4,9H2,(H,19,23)(H,20,21)(H,22,24). The van der Waals surface area contributed by atoms with Crippen LogP contribution in [0.2, 0.25) is 0 Å². The predicted octanol–water partition coefficient (Wildman–Crippen LogP) is 2.12. The molecular weight excluding hydrogens is 350 g/mol. The smallest absolute Gasteiger partial charge is 0.259 e. The average molecular weight is 365 g/mol. The summed E-state index contributed by atoms with van der Waals surface area (Å²) >= 11 is 1.66. The normalized spacial score (nSPS) is 15.7. The number of hydrogen-bond donors (Lipinski definition) is 3. The fourth-order valence-corrected chi connectivity index (χ4v) is 4.36. The molecule has 2 aliphatic heterocycles. The van der Waals surface area contributed by atoms with Gasteiger partial charge in [-0.1, -0.05) is 6.07 Å². The number of H-pyrrole nitrogens is 1. The Labute approximate surface area is 153 Å². The largest absolute Gasteiger partial charge is 0.493 e. The third-order valence-electron chi connectivity index (χ3n) is 4.44. The number of benzene rings is 1. The lowest BCUT2D eigenvalue weighted by atomic mass is 10.0. The third kappa shape index (κ3) is 2.55. The zero-order valence-corrected chi connectivity index (χ0v) is 14.5. The fraction of sp³-hybridized carbons (Fsp3) is 0.167. The molecule has 26 heavy (non-hydrogen) atoms. The van der Waals surface area contributed by atoms with Gasteiger partial charge in [-0.3, -0.25) is 9.89 Å². The molecule has 130 valence electrons. The lowest BCUT2D eigenvalue weighted by Crippen LogP contribution is -2.41. The highest BCUT2D eigenvalue weighted by Crippen LogP contribution is 2.42. The lowest BCUT2D eigenvalue weighted by Gasteiger charge is -2.13. The molecule has 1 aromatic carbocycles. The molecule has 2 aliphatic rings. The van der Waals surface area contributed by atoms with Crippen molar-refractivity contribution in [2.24, 2.45) is 5.10 Å². The molecule has 0 fully saturated rings. The zero-order chi connectivity index (χ0) is 17.5. The van der Waals surface area contributed by atoms with Gasteiger partial charge in [0.1, 0.15) is 5.75 Å². The number of carbonyl (C=O) groups excluding carboxylic acids is 1. The molecule has 0 atom stereocenters. The number of aromatic nitrogens is 2. The first kappa shape index (κ1) is 15.2. The molecule has 0 spiro atoms. The molecule has 5 rings (SSSR count). The van der Waals surface area contributed by atoms with Gasteiger partial charge < -0.3 is 10.1 Å². The first-order valence-corrected chi connectivity index (χ1v) is 9.09. The van der Waals surface area contributed by atoms with E-state index in [1.807, 2.05) is 6.20 Å². The van der Waals surface area contributed by atoms with Crippen molar-refractivity contribution >= 4 is 23.1 Å². The summed E-state index contributed by atoms with van der Waals surface area (Å²) in [4.78, 5) is 13.5. The van der Waals surface area contributed by atoms with Gasteiger partial charge >= 0.3 is 0 Å². The third-order valence-corrected chi connectivity index (χ3v) is 5.66. The minimum absolute atomic E-state index is 0.127. The van der Waals surface area contributed by atoms with Gasteiger partial charge in [-0.05, 0) is 29.3 Å². The van der Waals surface area contributed by atoms with E-state index >= 15 is 0 Å². The van der Waals surface area contributed by atoms with Crippen LogP contribution < -0.4 is 15.5 Å². The van der Waals surface area contributed by atoms with E-state index < -0.39 is 0 Å². The summed E-state index contributed by atoms with van der Waals surface area (Å²) in [5.41, 5.74) is 6.95. The second-order valence-corrected chi connectivity index (χ2v) is 7.16. The van der Waals surface area contributed by atoms with Gasteiger partial charge in [0.05, 0.1) is 24.2 Å². The number of thiophene rings is 1. The molecule has 0 saturated heterocycles. The van der Waals surface area contributed by atoms with E-state index in [-0.39, 0.29) is 12.5 Å². The molecule has 0 saturated carbocycles. The molecule has 0 aliphatic carbocycles. The van der Waals surface area contributed by atoms with Crippen molar-refractivity contribution in [3.63, 3.8) is 0 Å². The van der Waals surface area contributed by atoms with Crippen LogP contribution in [0.25, 0.3) is 21.6 Å². The minimum Gasteiger partial charge on any atom is -0.493 e. The number of fused-ring (bicyclic) bond motifs is 3. The number of amides is 1. The van der Waals surface area contributed by atoms with Gasteiger partial charge in [-0.2, -0.15) is 10.2 Å². The van der Waals surface area contributed by atoms with Gasteiger partial charge in [0.2, 0.25) is 0 Å². The molecular formula is C18H15N5O2S. The number of aromatic amines is 1. The summed E-state index contributed by atoms with van der Waals surface area (Å²) in [5, 5.41) is 14.0. The minimum atomic E-state index is -0.127. The molecule has 4 heterocycles. The summed E-state index contributed by atoms with van der Waals surface area (Å²) in [6.07, 6.45) is 4.50. The lowest BCUT2D eigenvalue weighted by molar-refractivity contribution is -0.120. The molecule has 0 unspecified atom stereocenters. The summed E-state index contributed by atoms with van der Waals surface area (Å²) < 4.78 is 6.00. The molecule has 7 nitrogen and oxygen atoms in total. The van der Waals surface area contributed by atoms with Crippen LogP contribution in [0, 0.1) is 0 Å². The zero-order valence-electron chi connectivity index (χ0n) is 13.7. The molecule has 3 aromatic rings. The number of rotatable bonds is 2. The quantitative estimate of drug-likeness (QED) is 0.649. The second-order valence-electron chi connectivity index (χ2n) is 6.11. The Bertz CT molecular complexity index is 1020. The van der Waals surface area contributed by atoms with E-state index in [9.17, 15) is 4.79 Å². The number of hydrogen-bond acceptors (Lipinski definition) is 6. The van der Waals surface area contributed by atoms with Crippen LogP contribution in [-0.4, -0.2) is 35.1 Å². The summed E-state index contributed by atoms with van der Waals surface area (Å²) in [6, 6.07) is 8.37. The van der Waals surface area contributed by atoms with Crippen LogP contribution in [0.3, 0.4) is 0 Å². The van der Waals surface area contributed by atoms with E-state index in [4.69, 9.17) is 4.74 Å². The number of ether oxygens (including phenoxy) is 1. The Hall–Kier alpha value is -3.13. The Morgan fingerprint density at radius 2 is 2.15 bits per heavy atom. The van der Waals surface area contributed by atoms with E-state index in [0.717, 1.165) is 33.7 Å². The summed E-state index contributed by atoms with van der Waals surface area (Å²) in [6.45, 7) is 0.872.